The van der Waals surface area contributed by atoms with Crippen molar-refractivity contribution in [3.8, 4) is 0 Å². The Kier molecular flexibility index (Phi) is 4.89. The van der Waals surface area contributed by atoms with Crippen LogP contribution in [0.15, 0.2) is 18.6 Å². The lowest BCUT2D eigenvalue weighted by Gasteiger charge is -2.39. The first-order chi connectivity index (χ1) is 11.9. The molecule has 3 heterocycles. The lowest BCUT2D eigenvalue weighted by molar-refractivity contribution is -0.125. The summed E-state index contributed by atoms with van der Waals surface area (Å²) in [5, 5.41) is 3.64. The van der Waals surface area contributed by atoms with Crippen molar-refractivity contribution in [1.82, 2.24) is 15.0 Å². The van der Waals surface area contributed by atoms with Crippen molar-refractivity contribution in [3.63, 3.8) is 0 Å². The molecule has 3 rings (SSSR count). The Morgan fingerprint density at radius 2 is 2.16 bits per heavy atom. The van der Waals surface area contributed by atoms with Crippen LogP contribution < -0.4 is 15.1 Å². The maximum atomic E-state index is 12.8. The van der Waals surface area contributed by atoms with Crippen LogP contribution in [0.25, 0.3) is 0 Å². The Balaban J connectivity index is 1.75. The molecule has 1 aliphatic rings. The van der Waals surface area contributed by atoms with Gasteiger partial charge in [0.15, 0.2) is 5.13 Å². The van der Waals surface area contributed by atoms with Crippen molar-refractivity contribution in [2.45, 2.75) is 26.7 Å². The molecular weight excluding hydrogens is 336 g/mol. The van der Waals surface area contributed by atoms with Crippen LogP contribution in [0.1, 0.15) is 24.6 Å². The summed E-state index contributed by atoms with van der Waals surface area (Å²) in [4.78, 5) is 31.0. The van der Waals surface area contributed by atoms with Gasteiger partial charge in [0.1, 0.15) is 18.0 Å². The number of piperidine rings is 1. The molecule has 1 fully saturated rings. The van der Waals surface area contributed by atoms with Crippen LogP contribution in [0, 0.1) is 12.3 Å². The fourth-order valence-corrected chi connectivity index (χ4v) is 3.70. The Morgan fingerprint density at radius 3 is 2.84 bits per heavy atom. The number of nitrogens with one attached hydrogen (secondary N) is 1. The fourth-order valence-electron chi connectivity index (χ4n) is 3.04. The average Bonchev–Trinajstić information content (AvgIpc) is 3.00. The normalized spacial score (nSPS) is 20.4. The number of hydrogen-bond acceptors (Lipinski definition) is 7. The van der Waals surface area contributed by atoms with Gasteiger partial charge in [-0.2, -0.15) is 0 Å². The van der Waals surface area contributed by atoms with Crippen LogP contribution in [0.3, 0.4) is 0 Å². The Morgan fingerprint density at radius 1 is 1.36 bits per heavy atom. The molecule has 0 spiro atoms. The zero-order chi connectivity index (χ0) is 18.0. The van der Waals surface area contributed by atoms with Gasteiger partial charge in [-0.15, -0.1) is 11.3 Å². The fraction of sp³-hybridized carbons (Fsp3) is 0.529. The zero-order valence-corrected chi connectivity index (χ0v) is 15.9. The predicted octanol–water partition coefficient (Wildman–Crippen LogP) is 2.55. The van der Waals surface area contributed by atoms with Crippen LogP contribution in [-0.4, -0.2) is 48.0 Å². The van der Waals surface area contributed by atoms with Gasteiger partial charge >= 0.3 is 0 Å². The molecule has 8 heteroatoms. The molecule has 0 radical (unpaired) electrons. The molecule has 0 saturated carbocycles. The molecule has 0 aliphatic carbocycles. The maximum Gasteiger partial charge on any atom is 0.233 e. The van der Waals surface area contributed by atoms with Gasteiger partial charge in [0.25, 0.3) is 0 Å². The molecular formula is C17H24N6OS. The van der Waals surface area contributed by atoms with E-state index in [4.69, 9.17) is 0 Å². The topological polar surface area (TPSA) is 74.2 Å². The molecule has 0 unspecified atom stereocenters. The van der Waals surface area contributed by atoms with E-state index in [-0.39, 0.29) is 5.91 Å². The first-order valence-electron chi connectivity index (χ1n) is 8.36. The number of aryl methyl sites for hydroxylation is 1. The van der Waals surface area contributed by atoms with E-state index in [1.165, 1.54) is 11.3 Å². The second kappa shape index (κ2) is 6.95. The molecule has 1 atom stereocenters. The summed E-state index contributed by atoms with van der Waals surface area (Å²) >= 11 is 1.50. The van der Waals surface area contributed by atoms with Crippen LogP contribution in [0.5, 0.6) is 0 Å². The summed E-state index contributed by atoms with van der Waals surface area (Å²) in [7, 11) is 3.91. The quantitative estimate of drug-likeness (QED) is 0.903. The van der Waals surface area contributed by atoms with E-state index in [0.717, 1.165) is 35.9 Å². The van der Waals surface area contributed by atoms with Gasteiger partial charge in [-0.1, -0.05) is 0 Å². The summed E-state index contributed by atoms with van der Waals surface area (Å²) in [6.07, 6.45) is 5.15. The number of carbonyl (C=O) groups excluding carboxylic acids is 1. The Hall–Kier alpha value is -2.22. The van der Waals surface area contributed by atoms with Crippen LogP contribution in [-0.2, 0) is 4.79 Å². The summed E-state index contributed by atoms with van der Waals surface area (Å²) < 4.78 is 0. The minimum absolute atomic E-state index is 0.0217. The second-order valence-corrected chi connectivity index (χ2v) is 8.18. The number of rotatable bonds is 4. The van der Waals surface area contributed by atoms with Crippen molar-refractivity contribution < 1.29 is 4.79 Å². The van der Waals surface area contributed by atoms with Crippen LogP contribution >= 0.6 is 11.3 Å². The smallest absolute Gasteiger partial charge is 0.233 e. The highest BCUT2D eigenvalue weighted by atomic mass is 32.1. The Labute approximate surface area is 152 Å². The van der Waals surface area contributed by atoms with Gasteiger partial charge in [0.2, 0.25) is 5.91 Å². The molecule has 0 bridgehead atoms. The standard InChI is InChI=1S/C17H24N6OS/c1-12-9-18-16(25-12)21-15(24)17(2)6-5-7-23(10-17)14-8-13(22(3)4)19-11-20-14/h8-9,11H,5-7,10H2,1-4H3,(H,18,21,24)/t17-/m1/s1. The zero-order valence-electron chi connectivity index (χ0n) is 15.1. The number of amides is 1. The van der Waals surface area contributed by atoms with Crippen molar-refractivity contribution in [3.05, 3.63) is 23.5 Å². The van der Waals surface area contributed by atoms with Gasteiger partial charge in [-0.25, -0.2) is 15.0 Å². The van der Waals surface area contributed by atoms with E-state index in [2.05, 4.69) is 25.2 Å². The van der Waals surface area contributed by atoms with E-state index in [1.807, 2.05) is 38.9 Å². The van der Waals surface area contributed by atoms with Gasteiger partial charge in [0.05, 0.1) is 5.41 Å². The molecule has 1 amide bonds. The van der Waals surface area contributed by atoms with Gasteiger partial charge in [-0.3, -0.25) is 4.79 Å². The minimum Gasteiger partial charge on any atom is -0.363 e. The molecule has 25 heavy (non-hydrogen) atoms. The number of hydrogen-bond donors (Lipinski definition) is 1. The molecule has 1 aliphatic heterocycles. The molecule has 134 valence electrons. The molecule has 0 aromatic carbocycles. The van der Waals surface area contributed by atoms with E-state index in [1.54, 1.807) is 12.5 Å². The van der Waals surface area contributed by atoms with Crippen molar-refractivity contribution >= 4 is 34.0 Å². The number of thiazole rings is 1. The highest BCUT2D eigenvalue weighted by Gasteiger charge is 2.38. The van der Waals surface area contributed by atoms with Crippen LogP contribution in [0.2, 0.25) is 0 Å². The summed E-state index contributed by atoms with van der Waals surface area (Å²) in [5.41, 5.74) is -0.471. The average molecular weight is 360 g/mol. The lowest BCUT2D eigenvalue weighted by Crippen LogP contribution is -2.48. The molecule has 7 nitrogen and oxygen atoms in total. The summed E-state index contributed by atoms with van der Waals surface area (Å²) in [6, 6.07) is 1.97. The second-order valence-electron chi connectivity index (χ2n) is 6.94. The largest absolute Gasteiger partial charge is 0.363 e. The van der Waals surface area contributed by atoms with Gasteiger partial charge in [-0.05, 0) is 26.7 Å². The summed E-state index contributed by atoms with van der Waals surface area (Å²) in [6.45, 7) is 5.52. The third-order valence-corrected chi connectivity index (χ3v) is 5.33. The summed E-state index contributed by atoms with van der Waals surface area (Å²) in [5.74, 6) is 1.75. The van der Waals surface area contributed by atoms with Gasteiger partial charge in [0, 0.05) is 44.3 Å². The number of nitrogens with zero attached hydrogens (tertiary/aromatic N) is 5. The first kappa shape index (κ1) is 17.6. The molecule has 1 N–H and O–H groups in total. The number of anilines is 3. The number of aromatic nitrogens is 3. The first-order valence-corrected chi connectivity index (χ1v) is 9.17. The van der Waals surface area contributed by atoms with Crippen molar-refractivity contribution in [1.29, 1.82) is 0 Å². The van der Waals surface area contributed by atoms with Gasteiger partial charge < -0.3 is 15.1 Å². The SMILES string of the molecule is Cc1cnc(NC(=O)[C@]2(C)CCCN(c3cc(N(C)C)ncn3)C2)s1. The molecule has 2 aromatic rings. The van der Waals surface area contributed by atoms with Crippen molar-refractivity contribution in [2.75, 3.05) is 42.3 Å². The van der Waals surface area contributed by atoms with E-state index in [9.17, 15) is 4.79 Å². The molecule has 2 aromatic heterocycles. The van der Waals surface area contributed by atoms with E-state index in [0.29, 0.717) is 11.7 Å². The highest BCUT2D eigenvalue weighted by Crippen LogP contribution is 2.33. The predicted molar refractivity (Wildman–Crippen MR) is 101 cm³/mol. The maximum absolute atomic E-state index is 12.8. The van der Waals surface area contributed by atoms with Crippen molar-refractivity contribution in [2.24, 2.45) is 5.41 Å². The van der Waals surface area contributed by atoms with Crippen LogP contribution in [0.4, 0.5) is 16.8 Å². The lowest BCUT2D eigenvalue weighted by atomic mass is 9.81. The highest BCUT2D eigenvalue weighted by molar-refractivity contribution is 7.15. The third-order valence-electron chi connectivity index (χ3n) is 4.51. The minimum atomic E-state index is -0.471. The van der Waals surface area contributed by atoms with E-state index >= 15 is 0 Å². The van der Waals surface area contributed by atoms with E-state index < -0.39 is 5.41 Å². The number of carbonyl (C=O) groups is 1. The third kappa shape index (κ3) is 3.89. The Bertz CT molecular complexity index is 761. The molecule has 1 saturated heterocycles. The monoisotopic (exact) mass is 360 g/mol.